The Labute approximate surface area is 241 Å². The van der Waals surface area contributed by atoms with Gasteiger partial charge in [-0.2, -0.15) is 0 Å². The molecule has 3 aliphatic heterocycles. The smallest absolute Gasteiger partial charge is 0.254 e. The lowest BCUT2D eigenvalue weighted by Crippen LogP contribution is -2.40. The van der Waals surface area contributed by atoms with Crippen LogP contribution in [-0.4, -0.2) is 55.9 Å². The van der Waals surface area contributed by atoms with Crippen LogP contribution in [0.5, 0.6) is 5.75 Å². The Morgan fingerprint density at radius 2 is 1.73 bits per heavy atom. The number of fused-ring (bicyclic) bond motifs is 2. The predicted molar refractivity (Wildman–Crippen MR) is 161 cm³/mol. The summed E-state index contributed by atoms with van der Waals surface area (Å²) in [6, 6.07) is 26.1. The largest absolute Gasteiger partial charge is 0.497 e. The standard InChI is InChI=1S/C34H37N3O4/c1-3-29-31(33(38)36-27-13-15-28(39-2)16-14-27)30-17-18-34(29,41-30)32(35-26-7-5-4-6-8-26)25-11-9-24(10-12-25)23-37-19-21-40-22-20-37/h4-18,30,32,35H,3,19-23H2,1-2H3,(H,36,38). The van der Waals surface area contributed by atoms with Crippen molar-refractivity contribution < 1.29 is 19.0 Å². The molecule has 1 fully saturated rings. The first-order chi connectivity index (χ1) is 20.1. The third-order valence-corrected chi connectivity index (χ3v) is 8.20. The van der Waals surface area contributed by atoms with E-state index in [1.807, 2.05) is 48.5 Å². The number of benzene rings is 3. The molecule has 2 N–H and O–H groups in total. The monoisotopic (exact) mass is 551 g/mol. The van der Waals surface area contributed by atoms with Crippen LogP contribution in [0.25, 0.3) is 0 Å². The molecule has 6 rings (SSSR count). The van der Waals surface area contributed by atoms with Crippen LogP contribution >= 0.6 is 0 Å². The fourth-order valence-corrected chi connectivity index (χ4v) is 6.14. The maximum atomic E-state index is 13.7. The predicted octanol–water partition coefficient (Wildman–Crippen LogP) is 5.73. The summed E-state index contributed by atoms with van der Waals surface area (Å²) in [6.07, 6.45) is 4.45. The van der Waals surface area contributed by atoms with E-state index in [1.165, 1.54) is 5.56 Å². The van der Waals surface area contributed by atoms with Crippen LogP contribution in [0, 0.1) is 0 Å². The van der Waals surface area contributed by atoms with Gasteiger partial charge < -0.3 is 24.8 Å². The highest BCUT2D eigenvalue weighted by Gasteiger charge is 2.54. The van der Waals surface area contributed by atoms with Gasteiger partial charge in [-0.05, 0) is 65.6 Å². The lowest BCUT2D eigenvalue weighted by atomic mass is 9.77. The van der Waals surface area contributed by atoms with Gasteiger partial charge in [0, 0.05) is 31.0 Å². The molecule has 7 nitrogen and oxygen atoms in total. The lowest BCUT2D eigenvalue weighted by molar-refractivity contribution is -0.113. The molecule has 3 atom stereocenters. The number of rotatable bonds is 10. The molecule has 3 aromatic carbocycles. The average molecular weight is 552 g/mol. The van der Waals surface area contributed by atoms with E-state index in [0.29, 0.717) is 12.0 Å². The van der Waals surface area contributed by atoms with Crippen molar-refractivity contribution in [3.8, 4) is 5.75 Å². The number of amides is 1. The van der Waals surface area contributed by atoms with Gasteiger partial charge in [-0.3, -0.25) is 9.69 Å². The number of methoxy groups -OCH3 is 1. The van der Waals surface area contributed by atoms with Crippen LogP contribution in [0.3, 0.4) is 0 Å². The van der Waals surface area contributed by atoms with Crippen molar-refractivity contribution in [1.29, 1.82) is 0 Å². The minimum Gasteiger partial charge on any atom is -0.497 e. The Morgan fingerprint density at radius 3 is 2.41 bits per heavy atom. The van der Waals surface area contributed by atoms with Crippen LogP contribution in [-0.2, 0) is 20.8 Å². The second-order valence-electron chi connectivity index (χ2n) is 10.7. The number of nitrogens with one attached hydrogen (secondary N) is 2. The van der Waals surface area contributed by atoms with Crippen LogP contribution in [0.15, 0.2) is 102 Å². The lowest BCUT2D eigenvalue weighted by Gasteiger charge is -2.37. The Balaban J connectivity index is 1.32. The fraction of sp³-hybridized carbons (Fsp3) is 0.324. The molecule has 41 heavy (non-hydrogen) atoms. The number of carbonyl (C=O) groups excluding carboxylic acids is 1. The first-order valence-electron chi connectivity index (χ1n) is 14.4. The summed E-state index contributed by atoms with van der Waals surface area (Å²) < 4.78 is 17.5. The first kappa shape index (κ1) is 27.3. The van der Waals surface area contributed by atoms with Crippen LogP contribution < -0.4 is 15.4 Å². The van der Waals surface area contributed by atoms with E-state index >= 15 is 0 Å². The van der Waals surface area contributed by atoms with Crippen LogP contribution in [0.1, 0.15) is 30.5 Å². The highest BCUT2D eigenvalue weighted by atomic mass is 16.5. The first-order valence-corrected chi connectivity index (χ1v) is 14.4. The van der Waals surface area contributed by atoms with E-state index in [-0.39, 0.29) is 11.9 Å². The molecule has 7 heteroatoms. The molecule has 0 spiro atoms. The van der Waals surface area contributed by atoms with E-state index in [2.05, 4.69) is 64.9 Å². The van der Waals surface area contributed by atoms with Gasteiger partial charge in [0.2, 0.25) is 0 Å². The van der Waals surface area contributed by atoms with Crippen molar-refractivity contribution in [1.82, 2.24) is 4.90 Å². The van der Waals surface area contributed by atoms with Gasteiger partial charge in [0.1, 0.15) is 17.5 Å². The normalized spacial score (nSPS) is 22.5. The summed E-state index contributed by atoms with van der Waals surface area (Å²) in [7, 11) is 1.63. The molecular weight excluding hydrogens is 514 g/mol. The average Bonchev–Trinajstić information content (AvgIpc) is 3.59. The Hall–Kier alpha value is -3.91. The van der Waals surface area contributed by atoms with Crippen molar-refractivity contribution >= 4 is 17.3 Å². The molecule has 0 radical (unpaired) electrons. The van der Waals surface area contributed by atoms with Gasteiger partial charge in [0.05, 0.1) is 31.9 Å². The Kier molecular flexibility index (Phi) is 7.92. The van der Waals surface area contributed by atoms with E-state index in [9.17, 15) is 4.79 Å². The van der Waals surface area contributed by atoms with Crippen molar-refractivity contribution in [2.45, 2.75) is 37.6 Å². The highest BCUT2D eigenvalue weighted by molar-refractivity contribution is 6.06. The molecule has 1 amide bonds. The summed E-state index contributed by atoms with van der Waals surface area (Å²) in [5, 5.41) is 6.84. The van der Waals surface area contributed by atoms with Gasteiger partial charge in [0.25, 0.3) is 5.91 Å². The SMILES string of the molecule is CCC1=C(C(=O)Nc2ccc(OC)cc2)C2C=CC1(C(Nc1ccccc1)c1ccc(CN3CCOCC3)cc1)O2. The minimum atomic E-state index is -0.784. The van der Waals surface area contributed by atoms with E-state index in [4.69, 9.17) is 14.2 Å². The molecular formula is C34H37N3O4. The van der Waals surface area contributed by atoms with E-state index in [0.717, 1.165) is 61.1 Å². The number of carbonyl (C=O) groups is 1. The third kappa shape index (κ3) is 5.53. The van der Waals surface area contributed by atoms with Crippen molar-refractivity contribution in [2.75, 3.05) is 44.0 Å². The minimum absolute atomic E-state index is 0.137. The number of para-hydroxylation sites is 1. The van der Waals surface area contributed by atoms with Gasteiger partial charge in [0.15, 0.2) is 0 Å². The van der Waals surface area contributed by atoms with Crippen molar-refractivity contribution in [3.05, 3.63) is 113 Å². The molecule has 3 unspecified atom stereocenters. The summed E-state index contributed by atoms with van der Waals surface area (Å²) >= 11 is 0. The van der Waals surface area contributed by atoms with Gasteiger partial charge >= 0.3 is 0 Å². The van der Waals surface area contributed by atoms with Crippen molar-refractivity contribution in [3.63, 3.8) is 0 Å². The van der Waals surface area contributed by atoms with E-state index in [1.54, 1.807) is 7.11 Å². The Morgan fingerprint density at radius 1 is 1.00 bits per heavy atom. The molecule has 3 aromatic rings. The van der Waals surface area contributed by atoms with Gasteiger partial charge in [-0.1, -0.05) is 55.5 Å². The molecule has 212 valence electrons. The number of hydrogen-bond acceptors (Lipinski definition) is 6. The fourth-order valence-electron chi connectivity index (χ4n) is 6.14. The second-order valence-corrected chi connectivity index (χ2v) is 10.7. The van der Waals surface area contributed by atoms with Crippen LogP contribution in [0.2, 0.25) is 0 Å². The van der Waals surface area contributed by atoms with Gasteiger partial charge in [-0.25, -0.2) is 0 Å². The molecule has 0 aromatic heterocycles. The molecule has 0 aliphatic carbocycles. The molecule has 1 saturated heterocycles. The summed E-state index contributed by atoms with van der Waals surface area (Å²) in [4.78, 5) is 16.1. The number of morpholine rings is 1. The quantitative estimate of drug-likeness (QED) is 0.314. The molecule has 3 heterocycles. The number of anilines is 2. The summed E-state index contributed by atoms with van der Waals surface area (Å²) in [5.41, 5.74) is 4.99. The van der Waals surface area contributed by atoms with Gasteiger partial charge in [-0.15, -0.1) is 0 Å². The summed E-state index contributed by atoms with van der Waals surface area (Å²) in [6.45, 7) is 6.48. The number of ether oxygens (including phenoxy) is 3. The van der Waals surface area contributed by atoms with Crippen molar-refractivity contribution in [2.24, 2.45) is 0 Å². The molecule has 3 aliphatic rings. The zero-order chi connectivity index (χ0) is 28.2. The van der Waals surface area contributed by atoms with E-state index < -0.39 is 11.7 Å². The number of nitrogens with zero attached hydrogens (tertiary/aromatic N) is 1. The number of hydrogen-bond donors (Lipinski definition) is 2. The molecule has 0 saturated carbocycles. The second kappa shape index (κ2) is 11.9. The zero-order valence-corrected chi connectivity index (χ0v) is 23.6. The third-order valence-electron chi connectivity index (χ3n) is 8.20. The summed E-state index contributed by atoms with van der Waals surface area (Å²) in [5.74, 6) is 0.606. The topological polar surface area (TPSA) is 72.1 Å². The maximum Gasteiger partial charge on any atom is 0.254 e. The molecule has 2 bridgehead atoms. The Bertz CT molecular complexity index is 1410. The zero-order valence-electron chi connectivity index (χ0n) is 23.6. The van der Waals surface area contributed by atoms with Crippen LogP contribution in [0.4, 0.5) is 11.4 Å². The highest BCUT2D eigenvalue weighted by Crippen LogP contribution is 2.52. The maximum absolute atomic E-state index is 13.7.